The number of methoxy groups -OCH3 is 1. The van der Waals surface area contributed by atoms with Crippen LogP contribution in [0.15, 0.2) is 46.8 Å². The molecule has 2 atom stereocenters. The summed E-state index contributed by atoms with van der Waals surface area (Å²) in [4.78, 5) is 26.8. The molecular formula is C25H30F3NO3. The van der Waals surface area contributed by atoms with Crippen molar-refractivity contribution < 1.29 is 27.5 Å². The number of nitrogens with one attached hydrogen (secondary N) is 1. The number of carbonyl (C=O) groups is 2. The van der Waals surface area contributed by atoms with Gasteiger partial charge in [-0.1, -0.05) is 39.8 Å². The van der Waals surface area contributed by atoms with Crippen LogP contribution in [-0.2, 0) is 15.7 Å². The van der Waals surface area contributed by atoms with Gasteiger partial charge in [0.05, 0.1) is 17.4 Å². The summed E-state index contributed by atoms with van der Waals surface area (Å²) in [7, 11) is 1.53. The zero-order valence-corrected chi connectivity index (χ0v) is 19.3. The summed E-state index contributed by atoms with van der Waals surface area (Å²) in [5.74, 6) is -0.922. The predicted molar refractivity (Wildman–Crippen MR) is 116 cm³/mol. The highest BCUT2D eigenvalue weighted by molar-refractivity contribution is 6.12. The molecular weight excluding hydrogens is 419 g/mol. The van der Waals surface area contributed by atoms with Crippen molar-refractivity contribution in [2.75, 3.05) is 7.11 Å². The van der Waals surface area contributed by atoms with E-state index in [0.717, 1.165) is 17.8 Å². The molecule has 32 heavy (non-hydrogen) atoms. The minimum Gasteiger partial charge on any atom is -0.376 e. The van der Waals surface area contributed by atoms with Crippen LogP contribution in [0, 0.1) is 17.3 Å². The molecule has 0 aromatic heterocycles. The van der Waals surface area contributed by atoms with Crippen molar-refractivity contribution >= 4 is 11.6 Å². The Bertz CT molecular complexity index is 985. The molecule has 1 aromatic rings. The first kappa shape index (κ1) is 24.2. The molecule has 2 unspecified atom stereocenters. The summed E-state index contributed by atoms with van der Waals surface area (Å²) >= 11 is 0. The van der Waals surface area contributed by atoms with E-state index in [-0.39, 0.29) is 22.7 Å². The monoisotopic (exact) mass is 449 g/mol. The first-order valence-corrected chi connectivity index (χ1v) is 10.8. The lowest BCUT2D eigenvalue weighted by Crippen LogP contribution is -2.43. The van der Waals surface area contributed by atoms with Crippen LogP contribution in [0.25, 0.3) is 0 Å². The second kappa shape index (κ2) is 8.50. The summed E-state index contributed by atoms with van der Waals surface area (Å²) in [6.45, 7) is 9.77. The smallest absolute Gasteiger partial charge is 0.376 e. The Hall–Kier alpha value is -2.41. The number of ketones is 2. The fourth-order valence-corrected chi connectivity index (χ4v) is 4.68. The van der Waals surface area contributed by atoms with Gasteiger partial charge in [-0.3, -0.25) is 9.59 Å². The Morgan fingerprint density at radius 3 is 2.22 bits per heavy atom. The number of ether oxygens (including phenoxy) is 1. The van der Waals surface area contributed by atoms with Gasteiger partial charge in [0.15, 0.2) is 11.6 Å². The van der Waals surface area contributed by atoms with Gasteiger partial charge in [0, 0.05) is 41.9 Å². The van der Waals surface area contributed by atoms with E-state index in [2.05, 4.69) is 5.32 Å². The first-order valence-electron chi connectivity index (χ1n) is 10.8. The van der Waals surface area contributed by atoms with Crippen LogP contribution in [-0.4, -0.2) is 24.8 Å². The van der Waals surface area contributed by atoms with Crippen molar-refractivity contribution in [1.82, 2.24) is 5.32 Å². The van der Waals surface area contributed by atoms with Gasteiger partial charge in [0.1, 0.15) is 0 Å². The summed E-state index contributed by atoms with van der Waals surface area (Å²) in [6, 6.07) is 4.21. The third-order valence-electron chi connectivity index (χ3n) is 6.26. The Balaban J connectivity index is 2.14. The largest absolute Gasteiger partial charge is 0.416 e. The SMILES string of the molecule is COC(C)C1=C(C(=O)c2ccc(C(F)(F)F)cc2)C(C(C)C)C2=C(CC(C)(C)CC2=O)N1. The third kappa shape index (κ3) is 4.53. The molecule has 0 saturated carbocycles. The van der Waals surface area contributed by atoms with E-state index in [1.54, 1.807) is 6.92 Å². The van der Waals surface area contributed by atoms with Gasteiger partial charge < -0.3 is 10.1 Å². The zero-order chi connectivity index (χ0) is 24.0. The summed E-state index contributed by atoms with van der Waals surface area (Å²) in [5, 5.41) is 3.33. The summed E-state index contributed by atoms with van der Waals surface area (Å²) in [5.41, 5.74) is 1.51. The number of carbonyl (C=O) groups excluding carboxylic acids is 2. The maximum absolute atomic E-state index is 13.6. The maximum Gasteiger partial charge on any atom is 0.416 e. The Labute approximate surface area is 186 Å². The molecule has 7 heteroatoms. The Kier molecular flexibility index (Phi) is 6.44. The van der Waals surface area contributed by atoms with E-state index in [1.807, 2.05) is 27.7 Å². The van der Waals surface area contributed by atoms with E-state index in [9.17, 15) is 22.8 Å². The molecule has 174 valence electrons. The second-order valence-corrected chi connectivity index (χ2v) is 9.79. The highest BCUT2D eigenvalue weighted by atomic mass is 19.4. The maximum atomic E-state index is 13.6. The molecule has 0 saturated heterocycles. The predicted octanol–water partition coefficient (Wildman–Crippen LogP) is 5.70. The van der Waals surface area contributed by atoms with Crippen molar-refractivity contribution in [2.45, 2.75) is 59.7 Å². The van der Waals surface area contributed by atoms with Crippen molar-refractivity contribution in [3.8, 4) is 0 Å². The van der Waals surface area contributed by atoms with Crippen molar-refractivity contribution in [3.05, 3.63) is 57.9 Å². The second-order valence-electron chi connectivity index (χ2n) is 9.79. The van der Waals surface area contributed by atoms with E-state index in [1.165, 1.54) is 19.2 Å². The van der Waals surface area contributed by atoms with Crippen LogP contribution in [0.4, 0.5) is 13.2 Å². The van der Waals surface area contributed by atoms with Crippen LogP contribution < -0.4 is 5.32 Å². The molecule has 2 aliphatic rings. The number of allylic oxidation sites excluding steroid dienone is 3. The van der Waals surface area contributed by atoms with Crippen LogP contribution >= 0.6 is 0 Å². The van der Waals surface area contributed by atoms with Gasteiger partial charge in [0.25, 0.3) is 0 Å². The van der Waals surface area contributed by atoms with Crippen LogP contribution in [0.2, 0.25) is 0 Å². The average molecular weight is 450 g/mol. The van der Waals surface area contributed by atoms with E-state index in [4.69, 9.17) is 4.74 Å². The van der Waals surface area contributed by atoms with Crippen LogP contribution in [0.1, 0.15) is 63.4 Å². The lowest BCUT2D eigenvalue weighted by Gasteiger charge is -2.42. The molecule has 1 aliphatic carbocycles. The molecule has 1 heterocycles. The zero-order valence-electron chi connectivity index (χ0n) is 19.3. The fraction of sp³-hybridized carbons (Fsp3) is 0.520. The van der Waals surface area contributed by atoms with E-state index in [0.29, 0.717) is 29.7 Å². The molecule has 0 amide bonds. The van der Waals surface area contributed by atoms with Crippen molar-refractivity contribution in [1.29, 1.82) is 0 Å². The van der Waals surface area contributed by atoms with Gasteiger partial charge in [-0.05, 0) is 36.8 Å². The molecule has 3 rings (SSSR count). The van der Waals surface area contributed by atoms with Gasteiger partial charge in [-0.25, -0.2) is 0 Å². The number of hydrogen-bond acceptors (Lipinski definition) is 4. The van der Waals surface area contributed by atoms with Crippen molar-refractivity contribution in [2.24, 2.45) is 17.3 Å². The minimum atomic E-state index is -4.48. The standard InChI is InChI=1S/C25H30F3NO3/c1-13(2)19-20-17(11-24(4,5)12-18(20)30)29-22(14(3)32-6)21(19)23(31)15-7-9-16(10-8-15)25(26,27)28/h7-10,13-14,19,29H,11-12H2,1-6H3. The topological polar surface area (TPSA) is 55.4 Å². The Morgan fingerprint density at radius 1 is 1.12 bits per heavy atom. The molecule has 4 nitrogen and oxygen atoms in total. The lowest BCUT2D eigenvalue weighted by molar-refractivity contribution is -0.137. The third-order valence-corrected chi connectivity index (χ3v) is 6.26. The fourth-order valence-electron chi connectivity index (χ4n) is 4.68. The average Bonchev–Trinajstić information content (AvgIpc) is 2.69. The molecule has 1 aliphatic heterocycles. The van der Waals surface area contributed by atoms with Gasteiger partial charge in [0.2, 0.25) is 0 Å². The van der Waals surface area contributed by atoms with Crippen molar-refractivity contribution in [3.63, 3.8) is 0 Å². The quantitative estimate of drug-likeness (QED) is 0.587. The Morgan fingerprint density at radius 2 is 1.72 bits per heavy atom. The summed E-state index contributed by atoms with van der Waals surface area (Å²) < 4.78 is 44.5. The van der Waals surface area contributed by atoms with Crippen LogP contribution in [0.3, 0.4) is 0 Å². The summed E-state index contributed by atoms with van der Waals surface area (Å²) in [6.07, 6.45) is -3.89. The number of rotatable bonds is 5. The molecule has 0 spiro atoms. The van der Waals surface area contributed by atoms with E-state index < -0.39 is 29.5 Å². The molecule has 0 fully saturated rings. The normalized spacial score (nSPS) is 22.1. The highest BCUT2D eigenvalue weighted by Crippen LogP contribution is 2.46. The van der Waals surface area contributed by atoms with Crippen LogP contribution in [0.5, 0.6) is 0 Å². The molecule has 1 N–H and O–H groups in total. The number of benzene rings is 1. The molecule has 1 aromatic carbocycles. The number of halogens is 3. The number of hydrogen-bond donors (Lipinski definition) is 1. The molecule has 0 radical (unpaired) electrons. The van der Waals surface area contributed by atoms with E-state index >= 15 is 0 Å². The first-order chi connectivity index (χ1) is 14.8. The van der Waals surface area contributed by atoms with Gasteiger partial charge >= 0.3 is 6.18 Å². The number of dihydropyridines is 1. The highest BCUT2D eigenvalue weighted by Gasteiger charge is 2.44. The lowest BCUT2D eigenvalue weighted by atomic mass is 9.66. The molecule has 0 bridgehead atoms. The number of alkyl halides is 3. The number of Topliss-reactive ketones (excluding diaryl/α,β-unsaturated/α-hetero) is 2. The van der Waals surface area contributed by atoms with Gasteiger partial charge in [-0.2, -0.15) is 13.2 Å². The minimum absolute atomic E-state index is 0.00397. The van der Waals surface area contributed by atoms with Gasteiger partial charge in [-0.15, -0.1) is 0 Å².